The highest BCUT2D eigenvalue weighted by atomic mass is 16.5. The Morgan fingerprint density at radius 1 is 1.09 bits per heavy atom. The van der Waals surface area contributed by atoms with Crippen LogP contribution in [0.15, 0.2) is 42.6 Å². The minimum Gasteiger partial charge on any atom is -0.384 e. The number of nitrogens with two attached hydrogens (primary N) is 1. The van der Waals surface area contributed by atoms with Crippen LogP contribution in [0, 0.1) is 0 Å². The van der Waals surface area contributed by atoms with Crippen molar-refractivity contribution >= 4 is 34.9 Å². The SMILES string of the molecule is CC(=O)N1CCc2ccc(Nc3cc(-c4ccc(N)nc4)nc(N4CCOCC4)n3)cc21. The van der Waals surface area contributed by atoms with Crippen LogP contribution in [0.3, 0.4) is 0 Å². The Bertz CT molecular complexity index is 1140. The van der Waals surface area contributed by atoms with Gasteiger partial charge in [0.25, 0.3) is 0 Å². The number of nitrogens with zero attached hydrogens (tertiary/aromatic N) is 5. The number of ether oxygens (including phenoxy) is 1. The molecule has 0 aliphatic carbocycles. The molecule has 3 N–H and O–H groups in total. The number of anilines is 5. The Labute approximate surface area is 186 Å². The second-order valence-electron chi connectivity index (χ2n) is 7.90. The Balaban J connectivity index is 1.50. The molecule has 164 valence electrons. The molecular weight excluding hydrogens is 406 g/mol. The predicted molar refractivity (Wildman–Crippen MR) is 124 cm³/mol. The maximum absolute atomic E-state index is 12.0. The van der Waals surface area contributed by atoms with E-state index in [1.54, 1.807) is 19.2 Å². The van der Waals surface area contributed by atoms with Gasteiger partial charge in [0.05, 0.1) is 18.9 Å². The van der Waals surface area contributed by atoms with E-state index in [4.69, 9.17) is 20.4 Å². The molecular formula is C23H25N7O2. The molecule has 0 saturated carbocycles. The minimum atomic E-state index is 0.0516. The Kier molecular flexibility index (Phi) is 5.32. The number of hydrogen-bond acceptors (Lipinski definition) is 8. The lowest BCUT2D eigenvalue weighted by Gasteiger charge is -2.27. The molecule has 32 heavy (non-hydrogen) atoms. The number of pyridine rings is 1. The van der Waals surface area contributed by atoms with Crippen molar-refractivity contribution in [2.75, 3.05) is 53.7 Å². The van der Waals surface area contributed by atoms with E-state index in [-0.39, 0.29) is 5.91 Å². The van der Waals surface area contributed by atoms with Crippen LogP contribution in [-0.2, 0) is 16.0 Å². The van der Waals surface area contributed by atoms with Gasteiger partial charge in [-0.1, -0.05) is 6.07 Å². The van der Waals surface area contributed by atoms with Crippen molar-refractivity contribution < 1.29 is 9.53 Å². The summed E-state index contributed by atoms with van der Waals surface area (Å²) in [7, 11) is 0. The maximum atomic E-state index is 12.0. The summed E-state index contributed by atoms with van der Waals surface area (Å²) in [5.74, 6) is 1.82. The summed E-state index contributed by atoms with van der Waals surface area (Å²) in [4.78, 5) is 29.6. The van der Waals surface area contributed by atoms with Crippen LogP contribution in [0.5, 0.6) is 0 Å². The molecule has 2 aliphatic heterocycles. The second-order valence-corrected chi connectivity index (χ2v) is 7.90. The van der Waals surface area contributed by atoms with E-state index in [0.29, 0.717) is 30.8 Å². The van der Waals surface area contributed by atoms with Crippen LogP contribution in [0.2, 0.25) is 0 Å². The fraction of sp³-hybridized carbons (Fsp3) is 0.304. The van der Waals surface area contributed by atoms with Gasteiger partial charge in [0.2, 0.25) is 11.9 Å². The minimum absolute atomic E-state index is 0.0516. The molecule has 3 aromatic rings. The van der Waals surface area contributed by atoms with Crippen molar-refractivity contribution in [2.24, 2.45) is 0 Å². The molecule has 4 heterocycles. The van der Waals surface area contributed by atoms with E-state index >= 15 is 0 Å². The van der Waals surface area contributed by atoms with Gasteiger partial charge in [0.1, 0.15) is 11.6 Å². The van der Waals surface area contributed by atoms with Gasteiger partial charge in [-0.2, -0.15) is 4.98 Å². The molecule has 1 amide bonds. The predicted octanol–water partition coefficient (Wildman–Crippen LogP) is 2.61. The third-order valence-electron chi connectivity index (χ3n) is 5.72. The van der Waals surface area contributed by atoms with E-state index in [1.165, 1.54) is 5.56 Å². The van der Waals surface area contributed by atoms with Crippen molar-refractivity contribution in [3.05, 3.63) is 48.2 Å². The molecule has 9 nitrogen and oxygen atoms in total. The standard InChI is InChI=1S/C23H25N7O2/c1-15(31)30-7-6-16-2-4-18(12-20(16)30)26-22-13-19(17-3-5-21(24)25-14-17)27-23(28-22)29-8-10-32-11-9-29/h2-5,12-14H,6-11H2,1H3,(H2,24,25)(H,26,27,28). The molecule has 2 aliphatic rings. The molecule has 0 bridgehead atoms. The summed E-state index contributed by atoms with van der Waals surface area (Å²) in [6.07, 6.45) is 2.59. The third-order valence-corrected chi connectivity index (χ3v) is 5.72. The lowest BCUT2D eigenvalue weighted by atomic mass is 10.1. The quantitative estimate of drug-likeness (QED) is 0.649. The van der Waals surface area contributed by atoms with E-state index in [0.717, 1.165) is 48.7 Å². The number of aromatic nitrogens is 3. The zero-order valence-corrected chi connectivity index (χ0v) is 17.9. The van der Waals surface area contributed by atoms with Gasteiger partial charge >= 0.3 is 0 Å². The Hall–Kier alpha value is -3.72. The molecule has 2 aromatic heterocycles. The molecule has 9 heteroatoms. The van der Waals surface area contributed by atoms with Crippen LogP contribution in [-0.4, -0.2) is 53.7 Å². The first kappa shape index (κ1) is 20.2. The fourth-order valence-electron chi connectivity index (χ4n) is 4.04. The lowest BCUT2D eigenvalue weighted by Crippen LogP contribution is -2.37. The first-order valence-corrected chi connectivity index (χ1v) is 10.7. The number of hydrogen-bond donors (Lipinski definition) is 2. The number of fused-ring (bicyclic) bond motifs is 1. The average Bonchev–Trinajstić information content (AvgIpc) is 3.23. The molecule has 0 unspecified atom stereocenters. The van der Waals surface area contributed by atoms with E-state index in [9.17, 15) is 4.79 Å². The van der Waals surface area contributed by atoms with Gasteiger partial charge in [0, 0.05) is 55.8 Å². The van der Waals surface area contributed by atoms with Crippen molar-refractivity contribution in [1.29, 1.82) is 0 Å². The van der Waals surface area contributed by atoms with Gasteiger partial charge in [-0.3, -0.25) is 4.79 Å². The number of nitrogens with one attached hydrogen (secondary N) is 1. The number of rotatable bonds is 4. The molecule has 1 saturated heterocycles. The van der Waals surface area contributed by atoms with Gasteiger partial charge in [-0.05, 0) is 36.2 Å². The van der Waals surface area contributed by atoms with Crippen molar-refractivity contribution in [2.45, 2.75) is 13.3 Å². The zero-order valence-electron chi connectivity index (χ0n) is 17.9. The first-order chi connectivity index (χ1) is 15.6. The number of morpholine rings is 1. The molecule has 5 rings (SSSR count). The monoisotopic (exact) mass is 431 g/mol. The highest BCUT2D eigenvalue weighted by Crippen LogP contribution is 2.32. The van der Waals surface area contributed by atoms with Crippen molar-refractivity contribution in [1.82, 2.24) is 15.0 Å². The number of carbonyl (C=O) groups excluding carboxylic acids is 1. The summed E-state index contributed by atoms with van der Waals surface area (Å²) in [5.41, 5.74) is 10.4. The molecule has 1 aromatic carbocycles. The first-order valence-electron chi connectivity index (χ1n) is 10.7. The smallest absolute Gasteiger partial charge is 0.228 e. The Morgan fingerprint density at radius 2 is 1.94 bits per heavy atom. The molecule has 0 atom stereocenters. The summed E-state index contributed by atoms with van der Waals surface area (Å²) < 4.78 is 5.48. The average molecular weight is 432 g/mol. The Morgan fingerprint density at radius 3 is 2.69 bits per heavy atom. The molecule has 0 radical (unpaired) electrons. The normalized spacial score (nSPS) is 15.5. The lowest BCUT2D eigenvalue weighted by molar-refractivity contribution is -0.116. The second kappa shape index (κ2) is 8.43. The van der Waals surface area contributed by atoms with Crippen molar-refractivity contribution in [3.8, 4) is 11.3 Å². The summed E-state index contributed by atoms with van der Waals surface area (Å²) >= 11 is 0. The highest BCUT2D eigenvalue weighted by molar-refractivity contribution is 5.94. The van der Waals surface area contributed by atoms with Crippen LogP contribution in [0.25, 0.3) is 11.3 Å². The summed E-state index contributed by atoms with van der Waals surface area (Å²) in [5, 5.41) is 3.40. The van der Waals surface area contributed by atoms with Gasteiger partial charge < -0.3 is 25.6 Å². The van der Waals surface area contributed by atoms with Crippen LogP contribution >= 0.6 is 0 Å². The fourth-order valence-corrected chi connectivity index (χ4v) is 4.04. The van der Waals surface area contributed by atoms with Crippen molar-refractivity contribution in [3.63, 3.8) is 0 Å². The number of amides is 1. The highest BCUT2D eigenvalue weighted by Gasteiger charge is 2.22. The van der Waals surface area contributed by atoms with E-state index in [1.807, 2.05) is 29.2 Å². The van der Waals surface area contributed by atoms with Crippen LogP contribution in [0.1, 0.15) is 12.5 Å². The number of benzene rings is 1. The van der Waals surface area contributed by atoms with Gasteiger partial charge in [-0.15, -0.1) is 0 Å². The molecule has 0 spiro atoms. The van der Waals surface area contributed by atoms with Crippen LogP contribution in [0.4, 0.5) is 29.0 Å². The van der Waals surface area contributed by atoms with Gasteiger partial charge in [0.15, 0.2) is 0 Å². The summed E-state index contributed by atoms with van der Waals surface area (Å²) in [6.45, 7) is 5.07. The number of carbonyl (C=O) groups is 1. The van der Waals surface area contributed by atoms with E-state index < -0.39 is 0 Å². The largest absolute Gasteiger partial charge is 0.384 e. The van der Waals surface area contributed by atoms with Gasteiger partial charge in [-0.25, -0.2) is 9.97 Å². The third kappa shape index (κ3) is 4.06. The maximum Gasteiger partial charge on any atom is 0.228 e. The topological polar surface area (TPSA) is 110 Å². The van der Waals surface area contributed by atoms with Crippen LogP contribution < -0.4 is 20.9 Å². The zero-order chi connectivity index (χ0) is 22.1. The number of nitrogen functional groups attached to an aromatic ring is 1. The molecule has 1 fully saturated rings. The summed E-state index contributed by atoms with van der Waals surface area (Å²) in [6, 6.07) is 11.6. The van der Waals surface area contributed by atoms with E-state index in [2.05, 4.69) is 21.3 Å².